The molecule has 0 aliphatic rings. The Balaban J connectivity index is 2.06. The highest BCUT2D eigenvalue weighted by molar-refractivity contribution is 5.94. The van der Waals surface area contributed by atoms with Crippen molar-refractivity contribution in [3.05, 3.63) is 65.0 Å². The first-order valence-corrected chi connectivity index (χ1v) is 6.43. The van der Waals surface area contributed by atoms with E-state index in [4.69, 9.17) is 20.6 Å². The van der Waals surface area contributed by atoms with Gasteiger partial charge in [0.15, 0.2) is 0 Å². The molecular weight excluding hydrogens is 271 g/mol. The molecule has 5 heteroatoms. The Hall–Kier alpha value is -2.40. The van der Waals surface area contributed by atoms with E-state index in [0.29, 0.717) is 23.5 Å². The third-order valence-corrected chi connectivity index (χ3v) is 2.97. The molecule has 4 nitrogen and oxygen atoms in total. The number of halogens is 1. The number of nitrogens with one attached hydrogen (secondary N) is 1. The van der Waals surface area contributed by atoms with Crippen LogP contribution in [0.3, 0.4) is 0 Å². The number of hydrogen-bond donors (Lipinski definition) is 2. The van der Waals surface area contributed by atoms with Gasteiger partial charge in [-0.1, -0.05) is 24.3 Å². The molecule has 0 amide bonds. The van der Waals surface area contributed by atoms with E-state index in [0.717, 1.165) is 5.56 Å². The molecule has 0 unspecified atom stereocenters. The highest BCUT2D eigenvalue weighted by Gasteiger charge is 2.06. The fourth-order valence-electron chi connectivity index (χ4n) is 1.88. The van der Waals surface area contributed by atoms with Crippen molar-refractivity contribution >= 4 is 5.84 Å². The van der Waals surface area contributed by atoms with Crippen molar-refractivity contribution in [1.82, 2.24) is 0 Å². The van der Waals surface area contributed by atoms with Gasteiger partial charge in [-0.3, -0.25) is 5.41 Å². The molecule has 2 aromatic rings. The van der Waals surface area contributed by atoms with E-state index in [1.165, 1.54) is 6.07 Å². The van der Waals surface area contributed by atoms with Crippen molar-refractivity contribution in [1.29, 1.82) is 5.41 Å². The average Bonchev–Trinajstić information content (AvgIpc) is 2.46. The molecule has 2 aromatic carbocycles. The maximum absolute atomic E-state index is 13.9. The van der Waals surface area contributed by atoms with Gasteiger partial charge in [-0.15, -0.1) is 0 Å². The first-order chi connectivity index (χ1) is 10.1. The lowest BCUT2D eigenvalue weighted by Crippen LogP contribution is -2.12. The second-order valence-electron chi connectivity index (χ2n) is 4.59. The number of nitrogens with two attached hydrogens (primary N) is 1. The van der Waals surface area contributed by atoms with E-state index in [1.54, 1.807) is 25.3 Å². The van der Waals surface area contributed by atoms with Crippen LogP contribution < -0.4 is 10.5 Å². The predicted octanol–water partition coefficient (Wildman–Crippen LogP) is 2.84. The van der Waals surface area contributed by atoms with Crippen LogP contribution in [0.5, 0.6) is 5.75 Å². The largest absolute Gasteiger partial charge is 0.489 e. The first-order valence-electron chi connectivity index (χ1n) is 6.43. The molecule has 0 fully saturated rings. The predicted molar refractivity (Wildman–Crippen MR) is 78.9 cm³/mol. The fraction of sp³-hybridized carbons (Fsp3) is 0.188. The molecule has 0 spiro atoms. The van der Waals surface area contributed by atoms with Gasteiger partial charge < -0.3 is 15.2 Å². The van der Waals surface area contributed by atoms with Gasteiger partial charge in [-0.05, 0) is 23.8 Å². The van der Waals surface area contributed by atoms with Crippen LogP contribution in [0.2, 0.25) is 0 Å². The number of benzene rings is 2. The van der Waals surface area contributed by atoms with Gasteiger partial charge in [0.2, 0.25) is 0 Å². The third-order valence-electron chi connectivity index (χ3n) is 2.97. The molecule has 0 bridgehead atoms. The van der Waals surface area contributed by atoms with Gasteiger partial charge in [-0.2, -0.15) is 0 Å². The lowest BCUT2D eigenvalue weighted by molar-refractivity contribution is 0.184. The zero-order valence-corrected chi connectivity index (χ0v) is 11.7. The Morgan fingerprint density at radius 2 is 2.00 bits per heavy atom. The molecule has 0 aromatic heterocycles. The zero-order chi connectivity index (χ0) is 15.2. The summed E-state index contributed by atoms with van der Waals surface area (Å²) >= 11 is 0. The molecule has 0 heterocycles. The van der Waals surface area contributed by atoms with Crippen molar-refractivity contribution in [2.45, 2.75) is 13.2 Å². The smallest absolute Gasteiger partial charge is 0.130 e. The van der Waals surface area contributed by atoms with Crippen molar-refractivity contribution in [2.75, 3.05) is 7.11 Å². The molecule has 0 radical (unpaired) electrons. The highest BCUT2D eigenvalue weighted by Crippen LogP contribution is 2.17. The van der Waals surface area contributed by atoms with Crippen LogP contribution in [0, 0.1) is 11.2 Å². The zero-order valence-electron chi connectivity index (χ0n) is 11.7. The molecule has 0 saturated carbocycles. The van der Waals surface area contributed by atoms with E-state index in [-0.39, 0.29) is 12.4 Å². The second kappa shape index (κ2) is 6.85. The fourth-order valence-corrected chi connectivity index (χ4v) is 1.88. The normalized spacial score (nSPS) is 10.4. The summed E-state index contributed by atoms with van der Waals surface area (Å²) in [5.41, 5.74) is 7.08. The highest BCUT2D eigenvalue weighted by atomic mass is 19.1. The summed E-state index contributed by atoms with van der Waals surface area (Å²) in [7, 11) is 1.62. The summed E-state index contributed by atoms with van der Waals surface area (Å²) in [6.45, 7) is 0.610. The Labute approximate surface area is 122 Å². The van der Waals surface area contributed by atoms with Crippen molar-refractivity contribution in [3.63, 3.8) is 0 Å². The summed E-state index contributed by atoms with van der Waals surface area (Å²) in [6, 6.07) is 11.9. The number of nitrogen functional groups attached to an aromatic ring is 1. The molecular formula is C16H17FN2O2. The van der Waals surface area contributed by atoms with Crippen LogP contribution in [0.25, 0.3) is 0 Å². The Morgan fingerprint density at radius 3 is 2.67 bits per heavy atom. The van der Waals surface area contributed by atoms with Crippen molar-refractivity contribution < 1.29 is 13.9 Å². The van der Waals surface area contributed by atoms with Crippen LogP contribution in [0.15, 0.2) is 42.5 Å². The van der Waals surface area contributed by atoms with Crippen LogP contribution >= 0.6 is 0 Å². The molecule has 0 atom stereocenters. The molecule has 0 saturated heterocycles. The Morgan fingerprint density at radius 1 is 1.19 bits per heavy atom. The summed E-state index contributed by atoms with van der Waals surface area (Å²) < 4.78 is 24.5. The summed E-state index contributed by atoms with van der Waals surface area (Å²) in [6.07, 6.45) is 0. The second-order valence-corrected chi connectivity index (χ2v) is 4.59. The van der Waals surface area contributed by atoms with Crippen LogP contribution in [-0.2, 0) is 18.0 Å². The van der Waals surface area contributed by atoms with Gasteiger partial charge in [-0.25, -0.2) is 4.39 Å². The van der Waals surface area contributed by atoms with Gasteiger partial charge in [0.25, 0.3) is 0 Å². The number of ether oxygens (including phenoxy) is 2. The monoisotopic (exact) mass is 288 g/mol. The van der Waals surface area contributed by atoms with Crippen LogP contribution in [0.1, 0.15) is 16.7 Å². The minimum atomic E-state index is -0.434. The summed E-state index contributed by atoms with van der Waals surface area (Å²) in [4.78, 5) is 0. The minimum absolute atomic E-state index is 0.112. The van der Waals surface area contributed by atoms with Gasteiger partial charge in [0.1, 0.15) is 24.0 Å². The quantitative estimate of drug-likeness (QED) is 0.634. The summed E-state index contributed by atoms with van der Waals surface area (Å²) in [5.74, 6) is 0.0592. The lowest BCUT2D eigenvalue weighted by Gasteiger charge is -2.09. The molecule has 3 N–H and O–H groups in total. The van der Waals surface area contributed by atoms with Gasteiger partial charge >= 0.3 is 0 Å². The number of rotatable bonds is 6. The third kappa shape index (κ3) is 4.03. The van der Waals surface area contributed by atoms with Crippen molar-refractivity contribution in [3.8, 4) is 5.75 Å². The standard InChI is InChI=1S/C16H17FN2O2/c1-20-9-11-3-2-4-14(7-11)21-10-13-6-5-12(16(18)19)8-15(13)17/h2-8H,9-10H2,1H3,(H3,18,19). The topological polar surface area (TPSA) is 68.3 Å². The first kappa shape index (κ1) is 15.0. The summed E-state index contributed by atoms with van der Waals surface area (Å²) in [5, 5.41) is 7.27. The number of hydrogen-bond acceptors (Lipinski definition) is 3. The molecule has 110 valence electrons. The van der Waals surface area contributed by atoms with E-state index in [9.17, 15) is 4.39 Å². The number of methoxy groups -OCH3 is 1. The maximum atomic E-state index is 13.9. The molecule has 0 aliphatic carbocycles. The lowest BCUT2D eigenvalue weighted by atomic mass is 10.1. The van der Waals surface area contributed by atoms with E-state index < -0.39 is 5.82 Å². The molecule has 2 rings (SSSR count). The van der Waals surface area contributed by atoms with Crippen molar-refractivity contribution in [2.24, 2.45) is 5.73 Å². The maximum Gasteiger partial charge on any atom is 0.130 e. The van der Waals surface area contributed by atoms with Crippen LogP contribution in [-0.4, -0.2) is 12.9 Å². The Kier molecular flexibility index (Phi) is 4.90. The van der Waals surface area contributed by atoms with Crippen LogP contribution in [0.4, 0.5) is 4.39 Å². The van der Waals surface area contributed by atoms with Gasteiger partial charge in [0, 0.05) is 18.2 Å². The molecule has 0 aliphatic heterocycles. The Bertz CT molecular complexity index is 644. The minimum Gasteiger partial charge on any atom is -0.489 e. The molecule has 21 heavy (non-hydrogen) atoms. The number of amidine groups is 1. The van der Waals surface area contributed by atoms with E-state index in [1.807, 2.05) is 18.2 Å². The SMILES string of the molecule is COCc1cccc(OCc2ccc(C(=N)N)cc2F)c1. The van der Waals surface area contributed by atoms with E-state index in [2.05, 4.69) is 0 Å². The van der Waals surface area contributed by atoms with E-state index >= 15 is 0 Å². The van der Waals surface area contributed by atoms with Gasteiger partial charge in [0.05, 0.1) is 6.61 Å². The average molecular weight is 288 g/mol.